The number of anilines is 3. The van der Waals surface area contributed by atoms with Gasteiger partial charge in [-0.1, -0.05) is 26.8 Å². The van der Waals surface area contributed by atoms with Gasteiger partial charge in [0.05, 0.1) is 17.6 Å². The molecule has 0 bridgehead atoms. The molecule has 0 atom stereocenters. The van der Waals surface area contributed by atoms with Crippen molar-refractivity contribution in [3.63, 3.8) is 0 Å². The molecule has 2 amide bonds. The van der Waals surface area contributed by atoms with E-state index in [-0.39, 0.29) is 17.4 Å². The first-order valence-corrected chi connectivity index (χ1v) is 12.0. The molecule has 190 valence electrons. The summed E-state index contributed by atoms with van der Waals surface area (Å²) in [5.74, 6) is -5.20. The fraction of sp³-hybridized carbons (Fsp3) is 0.208. The molecular weight excluding hydrogens is 497 g/mol. The van der Waals surface area contributed by atoms with Crippen molar-refractivity contribution < 1.29 is 31.2 Å². The molecule has 3 aromatic rings. The molecule has 0 spiro atoms. The zero-order valence-corrected chi connectivity index (χ0v) is 20.6. The number of pyridine rings is 1. The number of hydrogen-bond donors (Lipinski definition) is 3. The van der Waals surface area contributed by atoms with Crippen LogP contribution in [-0.4, -0.2) is 25.2 Å². The van der Waals surface area contributed by atoms with E-state index in [1.54, 1.807) is 0 Å². The van der Waals surface area contributed by atoms with E-state index in [4.69, 9.17) is 0 Å². The maximum absolute atomic E-state index is 15.1. The number of hydrogen-bond acceptors (Lipinski definition) is 5. The van der Waals surface area contributed by atoms with Crippen LogP contribution in [0.4, 0.5) is 30.4 Å². The summed E-state index contributed by atoms with van der Waals surface area (Å²) in [6.07, 6.45) is 1.15. The van der Waals surface area contributed by atoms with Crippen molar-refractivity contribution in [1.29, 1.82) is 0 Å². The average Bonchev–Trinajstić information content (AvgIpc) is 2.76. The van der Waals surface area contributed by atoms with Crippen molar-refractivity contribution in [1.82, 2.24) is 4.98 Å². The van der Waals surface area contributed by atoms with Gasteiger partial charge in [-0.25, -0.2) is 26.6 Å². The van der Waals surface area contributed by atoms with E-state index in [0.29, 0.717) is 11.6 Å². The maximum atomic E-state index is 15.1. The van der Waals surface area contributed by atoms with E-state index in [9.17, 15) is 26.8 Å². The zero-order chi connectivity index (χ0) is 26.8. The van der Waals surface area contributed by atoms with Gasteiger partial charge in [-0.15, -0.1) is 0 Å². The second-order valence-corrected chi connectivity index (χ2v) is 10.5. The van der Waals surface area contributed by atoms with Crippen LogP contribution < -0.4 is 15.4 Å². The molecule has 0 unspecified atom stereocenters. The lowest BCUT2D eigenvalue weighted by molar-refractivity contribution is -0.114. The number of benzene rings is 2. The Hall–Kier alpha value is -3.93. The first kappa shape index (κ1) is 26.7. The van der Waals surface area contributed by atoms with Crippen molar-refractivity contribution in [2.75, 3.05) is 15.4 Å². The number of rotatable bonds is 6. The largest absolute Gasteiger partial charge is 0.320 e. The van der Waals surface area contributed by atoms with E-state index >= 15 is 4.39 Å². The average molecular weight is 521 g/mol. The Kier molecular flexibility index (Phi) is 7.39. The molecule has 0 aliphatic rings. The van der Waals surface area contributed by atoms with Crippen LogP contribution in [0, 0.1) is 17.5 Å². The Bertz CT molecular complexity index is 1440. The van der Waals surface area contributed by atoms with Crippen LogP contribution >= 0.6 is 0 Å². The van der Waals surface area contributed by atoms with Gasteiger partial charge in [-0.2, -0.15) is 0 Å². The molecule has 0 saturated carbocycles. The third-order valence-electron chi connectivity index (χ3n) is 4.98. The summed E-state index contributed by atoms with van der Waals surface area (Å²) in [5.41, 5.74) is -1.66. The van der Waals surface area contributed by atoms with Crippen molar-refractivity contribution in [2.24, 2.45) is 0 Å². The topological polar surface area (TPSA) is 117 Å². The van der Waals surface area contributed by atoms with Crippen LogP contribution in [0.25, 0.3) is 0 Å². The smallest absolute Gasteiger partial charge is 0.264 e. The second-order valence-electron chi connectivity index (χ2n) is 8.85. The highest BCUT2D eigenvalue weighted by atomic mass is 32.2. The molecule has 0 saturated heterocycles. The Morgan fingerprint density at radius 2 is 1.61 bits per heavy atom. The van der Waals surface area contributed by atoms with Gasteiger partial charge in [-0.05, 0) is 47.4 Å². The van der Waals surface area contributed by atoms with Crippen LogP contribution in [0.5, 0.6) is 0 Å². The van der Waals surface area contributed by atoms with Gasteiger partial charge in [0.2, 0.25) is 5.91 Å². The molecule has 8 nitrogen and oxygen atoms in total. The number of nitrogens with one attached hydrogen (secondary N) is 3. The molecule has 0 aliphatic heterocycles. The summed E-state index contributed by atoms with van der Waals surface area (Å²) in [6.45, 7) is 6.74. The molecule has 36 heavy (non-hydrogen) atoms. The zero-order valence-electron chi connectivity index (χ0n) is 19.7. The van der Waals surface area contributed by atoms with Gasteiger partial charge >= 0.3 is 0 Å². The van der Waals surface area contributed by atoms with Gasteiger partial charge in [0.1, 0.15) is 27.9 Å². The number of carbonyl (C=O) groups is 2. The SMILES string of the molecule is CC(=O)Nc1ccc(NC(=O)c2c(F)ccc(NS(=O)(=O)c3ccc(C(C)(C)C)cc3F)c2F)cn1. The molecule has 3 rings (SSSR count). The number of carbonyl (C=O) groups excluding carboxylic acids is 2. The Labute approximate surface area is 206 Å². The first-order valence-electron chi connectivity index (χ1n) is 10.5. The monoisotopic (exact) mass is 520 g/mol. The lowest BCUT2D eigenvalue weighted by Crippen LogP contribution is -2.20. The van der Waals surface area contributed by atoms with Crippen LogP contribution in [0.2, 0.25) is 0 Å². The molecular formula is C24H23F3N4O4S. The van der Waals surface area contributed by atoms with Crippen molar-refractivity contribution in [2.45, 2.75) is 38.0 Å². The first-order chi connectivity index (χ1) is 16.7. The second kappa shape index (κ2) is 9.97. The molecule has 3 N–H and O–H groups in total. The number of halogens is 3. The summed E-state index contributed by atoms with van der Waals surface area (Å²) in [6, 6.07) is 7.72. The van der Waals surface area contributed by atoms with Crippen molar-refractivity contribution in [3.05, 3.63) is 77.2 Å². The lowest BCUT2D eigenvalue weighted by atomic mass is 9.87. The molecule has 1 heterocycles. The quantitative estimate of drug-likeness (QED) is 0.431. The van der Waals surface area contributed by atoms with Gasteiger partial charge < -0.3 is 10.6 Å². The lowest BCUT2D eigenvalue weighted by Gasteiger charge is -2.20. The van der Waals surface area contributed by atoms with Gasteiger partial charge in [0.25, 0.3) is 15.9 Å². The van der Waals surface area contributed by atoms with E-state index in [1.165, 1.54) is 25.1 Å². The third-order valence-corrected chi connectivity index (χ3v) is 6.37. The predicted molar refractivity (Wildman–Crippen MR) is 129 cm³/mol. The molecule has 0 aliphatic carbocycles. The minimum atomic E-state index is -4.62. The summed E-state index contributed by atoms with van der Waals surface area (Å²) >= 11 is 0. The minimum Gasteiger partial charge on any atom is -0.320 e. The number of sulfonamides is 1. The van der Waals surface area contributed by atoms with E-state index < -0.39 is 54.9 Å². The minimum absolute atomic E-state index is 0.0555. The van der Waals surface area contributed by atoms with Crippen molar-refractivity contribution >= 4 is 39.0 Å². The van der Waals surface area contributed by atoms with Crippen LogP contribution in [0.1, 0.15) is 43.6 Å². The molecule has 0 fully saturated rings. The number of nitrogens with zero attached hydrogens (tertiary/aromatic N) is 1. The summed E-state index contributed by atoms with van der Waals surface area (Å²) in [4.78, 5) is 26.8. The highest BCUT2D eigenvalue weighted by Crippen LogP contribution is 2.29. The Morgan fingerprint density at radius 3 is 2.17 bits per heavy atom. The predicted octanol–water partition coefficient (Wildman–Crippen LogP) is 4.81. The van der Waals surface area contributed by atoms with E-state index in [1.807, 2.05) is 25.5 Å². The van der Waals surface area contributed by atoms with Crippen molar-refractivity contribution in [3.8, 4) is 0 Å². The van der Waals surface area contributed by atoms with Gasteiger partial charge in [0.15, 0.2) is 5.82 Å². The molecule has 1 aromatic heterocycles. The highest BCUT2D eigenvalue weighted by Gasteiger charge is 2.26. The normalized spacial score (nSPS) is 11.6. The summed E-state index contributed by atoms with van der Waals surface area (Å²) in [5, 5.41) is 4.66. The fourth-order valence-electron chi connectivity index (χ4n) is 3.14. The summed E-state index contributed by atoms with van der Waals surface area (Å²) < 4.78 is 71.4. The third kappa shape index (κ3) is 6.00. The maximum Gasteiger partial charge on any atom is 0.264 e. The van der Waals surface area contributed by atoms with Gasteiger partial charge in [0, 0.05) is 6.92 Å². The molecule has 2 aromatic carbocycles. The van der Waals surface area contributed by atoms with Crippen LogP contribution in [0.15, 0.2) is 53.6 Å². The highest BCUT2D eigenvalue weighted by molar-refractivity contribution is 7.92. The standard InChI is InChI=1S/C24H23F3N4O4S/c1-13(32)29-20-10-6-15(12-28-20)30-23(33)21-16(25)7-8-18(22(21)27)31-36(34,35)19-9-5-14(11-17(19)26)24(2,3)4/h5-12,31H,1-4H3,(H,30,33)(H,28,29,32). The number of aromatic nitrogens is 1. The Balaban J connectivity index is 1.88. The van der Waals surface area contributed by atoms with Crippen LogP contribution in [-0.2, 0) is 20.2 Å². The van der Waals surface area contributed by atoms with Gasteiger partial charge in [-0.3, -0.25) is 14.3 Å². The molecule has 12 heteroatoms. The molecule has 0 radical (unpaired) electrons. The summed E-state index contributed by atoms with van der Waals surface area (Å²) in [7, 11) is -4.62. The fourth-order valence-corrected chi connectivity index (χ4v) is 4.26. The van der Waals surface area contributed by atoms with Crippen LogP contribution in [0.3, 0.4) is 0 Å². The number of amides is 2. The Morgan fingerprint density at radius 1 is 0.917 bits per heavy atom. The van der Waals surface area contributed by atoms with E-state index in [0.717, 1.165) is 24.4 Å². The van der Waals surface area contributed by atoms with E-state index in [2.05, 4.69) is 15.6 Å².